The highest BCUT2D eigenvalue weighted by atomic mass is 35.5. The normalized spacial score (nSPS) is 14.1. The lowest BCUT2D eigenvalue weighted by Crippen LogP contribution is -2.41. The third-order valence-corrected chi connectivity index (χ3v) is 7.65. The molecule has 2 aromatic carbocycles. The molecular weight excluding hydrogens is 485 g/mol. The summed E-state index contributed by atoms with van der Waals surface area (Å²) in [5.74, 6) is -0.605. The Kier molecular flexibility index (Phi) is 8.98. The van der Waals surface area contributed by atoms with Gasteiger partial charge in [0.15, 0.2) is 11.5 Å². The van der Waals surface area contributed by atoms with E-state index in [0.717, 1.165) is 36.4 Å². The van der Waals surface area contributed by atoms with Gasteiger partial charge in [0.1, 0.15) is 12.4 Å². The van der Waals surface area contributed by atoms with E-state index < -0.39 is 28.3 Å². The number of anilines is 1. The Bertz CT molecular complexity index is 1110. The zero-order valence-electron chi connectivity index (χ0n) is 19.2. The van der Waals surface area contributed by atoms with E-state index in [1.165, 1.54) is 57.4 Å². The number of hydrogen-bond donors (Lipinski definition) is 1. The zero-order valence-corrected chi connectivity index (χ0v) is 20.8. The first kappa shape index (κ1) is 26.1. The van der Waals surface area contributed by atoms with E-state index in [9.17, 15) is 17.6 Å². The summed E-state index contributed by atoms with van der Waals surface area (Å²) in [4.78, 5) is 14.9. The van der Waals surface area contributed by atoms with Crippen LogP contribution < -0.4 is 19.1 Å². The lowest BCUT2D eigenvalue weighted by molar-refractivity contribution is -0.119. The molecule has 1 amide bonds. The van der Waals surface area contributed by atoms with Crippen molar-refractivity contribution in [3.63, 3.8) is 0 Å². The Hall–Kier alpha value is -2.56. The SMILES string of the molecule is COc1ccc(S(=O)(=O)N(CC(=O)NCCCN2CCCC2)c2ccc(F)c(Cl)c2)cc1OC. The summed E-state index contributed by atoms with van der Waals surface area (Å²) in [6.45, 7) is 2.93. The van der Waals surface area contributed by atoms with Crippen molar-refractivity contribution in [2.24, 2.45) is 0 Å². The Morgan fingerprint density at radius 2 is 1.82 bits per heavy atom. The van der Waals surface area contributed by atoms with Crippen LogP contribution in [0.5, 0.6) is 11.5 Å². The first-order valence-corrected chi connectivity index (χ1v) is 12.8. The van der Waals surface area contributed by atoms with Crippen molar-refractivity contribution in [3.8, 4) is 11.5 Å². The molecule has 0 spiro atoms. The van der Waals surface area contributed by atoms with Crippen LogP contribution in [-0.4, -0.2) is 66.2 Å². The summed E-state index contributed by atoms with van der Waals surface area (Å²) in [5, 5.41) is 2.52. The summed E-state index contributed by atoms with van der Waals surface area (Å²) < 4.78 is 52.1. The molecule has 2 aromatic rings. The second kappa shape index (κ2) is 11.7. The number of nitrogens with one attached hydrogen (secondary N) is 1. The molecule has 0 unspecified atom stereocenters. The van der Waals surface area contributed by atoms with Crippen molar-refractivity contribution in [1.29, 1.82) is 0 Å². The average molecular weight is 514 g/mol. The van der Waals surface area contributed by atoms with Gasteiger partial charge in [-0.2, -0.15) is 0 Å². The Morgan fingerprint density at radius 1 is 1.12 bits per heavy atom. The standard InChI is InChI=1S/C23H29ClFN3O5S/c1-32-21-9-7-18(15-22(21)33-2)34(30,31)28(17-6-8-20(25)19(24)14-17)16-23(29)26-10-5-13-27-11-3-4-12-27/h6-9,14-15H,3-5,10-13,16H2,1-2H3,(H,26,29). The number of carbonyl (C=O) groups excluding carboxylic acids is 1. The van der Waals surface area contributed by atoms with Crippen LogP contribution in [0.4, 0.5) is 10.1 Å². The summed E-state index contributed by atoms with van der Waals surface area (Å²) in [5.41, 5.74) is 0.0633. The van der Waals surface area contributed by atoms with E-state index in [1.807, 2.05) is 0 Å². The van der Waals surface area contributed by atoms with E-state index in [1.54, 1.807) is 0 Å². The number of sulfonamides is 1. The molecule has 1 fully saturated rings. The van der Waals surface area contributed by atoms with Crippen LogP contribution in [0.25, 0.3) is 0 Å². The third-order valence-electron chi connectivity index (χ3n) is 5.59. The smallest absolute Gasteiger partial charge is 0.264 e. The van der Waals surface area contributed by atoms with Gasteiger partial charge in [-0.3, -0.25) is 9.10 Å². The maximum Gasteiger partial charge on any atom is 0.264 e. The molecular formula is C23H29ClFN3O5S. The van der Waals surface area contributed by atoms with Gasteiger partial charge in [0, 0.05) is 12.6 Å². The zero-order chi connectivity index (χ0) is 24.7. The van der Waals surface area contributed by atoms with E-state index in [-0.39, 0.29) is 21.4 Å². The van der Waals surface area contributed by atoms with E-state index >= 15 is 0 Å². The lowest BCUT2D eigenvalue weighted by atomic mass is 10.3. The highest BCUT2D eigenvalue weighted by Gasteiger charge is 2.29. The summed E-state index contributed by atoms with van der Waals surface area (Å²) >= 11 is 5.90. The molecule has 0 radical (unpaired) electrons. The van der Waals surface area contributed by atoms with E-state index in [0.29, 0.717) is 12.3 Å². The van der Waals surface area contributed by atoms with Gasteiger partial charge < -0.3 is 19.7 Å². The molecule has 0 aliphatic carbocycles. The molecule has 3 rings (SSSR count). The highest BCUT2D eigenvalue weighted by Crippen LogP contribution is 2.33. The van der Waals surface area contributed by atoms with Crippen LogP contribution >= 0.6 is 11.6 Å². The number of hydrogen-bond acceptors (Lipinski definition) is 6. The van der Waals surface area contributed by atoms with E-state index in [4.69, 9.17) is 21.1 Å². The summed E-state index contributed by atoms with van der Waals surface area (Å²) in [7, 11) is -1.40. The molecule has 0 aromatic heterocycles. The monoisotopic (exact) mass is 513 g/mol. The van der Waals surface area contributed by atoms with Crippen molar-refractivity contribution >= 4 is 33.2 Å². The van der Waals surface area contributed by atoms with Crippen LogP contribution in [0.15, 0.2) is 41.3 Å². The number of ether oxygens (including phenoxy) is 2. The van der Waals surface area contributed by atoms with Crippen LogP contribution in [0.2, 0.25) is 5.02 Å². The van der Waals surface area contributed by atoms with Gasteiger partial charge in [0.25, 0.3) is 10.0 Å². The van der Waals surface area contributed by atoms with Crippen molar-refractivity contribution in [3.05, 3.63) is 47.2 Å². The van der Waals surface area contributed by atoms with Gasteiger partial charge in [-0.15, -0.1) is 0 Å². The van der Waals surface area contributed by atoms with Crippen molar-refractivity contribution in [2.45, 2.75) is 24.2 Å². The molecule has 0 bridgehead atoms. The molecule has 1 heterocycles. The average Bonchev–Trinajstić information content (AvgIpc) is 3.35. The Balaban J connectivity index is 1.81. The first-order valence-electron chi connectivity index (χ1n) is 10.9. The molecule has 1 N–H and O–H groups in total. The van der Waals surface area contributed by atoms with Crippen molar-refractivity contribution in [1.82, 2.24) is 10.2 Å². The van der Waals surface area contributed by atoms with Gasteiger partial charge in [0.05, 0.1) is 29.8 Å². The quantitative estimate of drug-likeness (QED) is 0.464. The van der Waals surface area contributed by atoms with Crippen molar-refractivity contribution in [2.75, 3.05) is 51.2 Å². The number of nitrogens with zero attached hydrogens (tertiary/aromatic N) is 2. The van der Waals surface area contributed by atoms with Crippen LogP contribution in [0, 0.1) is 5.82 Å². The van der Waals surface area contributed by atoms with Crippen molar-refractivity contribution < 1.29 is 27.1 Å². The van der Waals surface area contributed by atoms with Gasteiger partial charge in [-0.1, -0.05) is 11.6 Å². The molecule has 8 nitrogen and oxygen atoms in total. The maximum atomic E-state index is 13.7. The number of likely N-dealkylation sites (tertiary alicyclic amines) is 1. The fourth-order valence-corrected chi connectivity index (χ4v) is 5.39. The molecule has 186 valence electrons. The fourth-order valence-electron chi connectivity index (χ4n) is 3.78. The number of methoxy groups -OCH3 is 2. The molecule has 1 saturated heterocycles. The topological polar surface area (TPSA) is 88.2 Å². The largest absolute Gasteiger partial charge is 0.493 e. The van der Waals surface area contributed by atoms with Gasteiger partial charge in [-0.25, -0.2) is 12.8 Å². The van der Waals surface area contributed by atoms with Crippen LogP contribution in [0.1, 0.15) is 19.3 Å². The second-order valence-corrected chi connectivity index (χ2v) is 10.1. The van der Waals surface area contributed by atoms with Gasteiger partial charge in [-0.05, 0) is 69.2 Å². The summed E-state index contributed by atoms with van der Waals surface area (Å²) in [6, 6.07) is 7.61. The van der Waals surface area contributed by atoms with Crippen LogP contribution in [0.3, 0.4) is 0 Å². The predicted octanol–water partition coefficient (Wildman–Crippen LogP) is 3.29. The molecule has 0 atom stereocenters. The minimum Gasteiger partial charge on any atom is -0.493 e. The predicted molar refractivity (Wildman–Crippen MR) is 129 cm³/mol. The number of rotatable bonds is 11. The molecule has 1 aliphatic rings. The fraction of sp³-hybridized carbons (Fsp3) is 0.435. The van der Waals surface area contributed by atoms with Gasteiger partial charge >= 0.3 is 0 Å². The number of amides is 1. The Morgan fingerprint density at radius 3 is 2.47 bits per heavy atom. The maximum absolute atomic E-state index is 13.7. The minimum absolute atomic E-state index is 0.0633. The molecule has 11 heteroatoms. The molecule has 0 saturated carbocycles. The van der Waals surface area contributed by atoms with Crippen LogP contribution in [-0.2, 0) is 14.8 Å². The van der Waals surface area contributed by atoms with E-state index in [2.05, 4.69) is 10.2 Å². The highest BCUT2D eigenvalue weighted by molar-refractivity contribution is 7.92. The molecule has 1 aliphatic heterocycles. The minimum atomic E-state index is -4.23. The van der Waals surface area contributed by atoms with Gasteiger partial charge in [0.2, 0.25) is 5.91 Å². The second-order valence-electron chi connectivity index (χ2n) is 7.88. The number of halogens is 2. The first-order chi connectivity index (χ1) is 16.3. The Labute approximate surface area is 204 Å². The number of carbonyl (C=O) groups is 1. The molecule has 34 heavy (non-hydrogen) atoms. The third kappa shape index (κ3) is 6.31. The number of benzene rings is 2. The summed E-state index contributed by atoms with van der Waals surface area (Å²) in [6.07, 6.45) is 3.14. The lowest BCUT2D eigenvalue weighted by Gasteiger charge is -2.25.